The lowest BCUT2D eigenvalue weighted by Gasteiger charge is -2.31. The van der Waals surface area contributed by atoms with Crippen molar-refractivity contribution >= 4 is 27.6 Å². The van der Waals surface area contributed by atoms with Crippen molar-refractivity contribution in [2.24, 2.45) is 0 Å². The monoisotopic (exact) mass is 339 g/mol. The lowest BCUT2D eigenvalue weighted by Crippen LogP contribution is -2.39. The summed E-state index contributed by atoms with van der Waals surface area (Å²) in [5, 5.41) is 7.01. The van der Waals surface area contributed by atoms with E-state index in [0.29, 0.717) is 6.04 Å². The van der Waals surface area contributed by atoms with E-state index in [-0.39, 0.29) is 0 Å². The number of anilines is 2. The maximum atomic E-state index is 4.62. The molecule has 3 rings (SSSR count). The Bertz CT molecular complexity index is 441. The van der Waals surface area contributed by atoms with Gasteiger partial charge in [0.2, 0.25) is 0 Å². The fraction of sp³-hybridized carbons (Fsp3) is 0.714. The van der Waals surface area contributed by atoms with Gasteiger partial charge in [0.15, 0.2) is 11.6 Å². The summed E-state index contributed by atoms with van der Waals surface area (Å²) in [5.41, 5.74) is 0. The third-order valence-electron chi connectivity index (χ3n) is 4.02. The Morgan fingerprint density at radius 2 is 2.10 bits per heavy atom. The molecular formula is C14H22BrN5. The molecule has 20 heavy (non-hydrogen) atoms. The van der Waals surface area contributed by atoms with Gasteiger partial charge in [0.25, 0.3) is 0 Å². The van der Waals surface area contributed by atoms with Crippen LogP contribution in [0.1, 0.15) is 32.1 Å². The van der Waals surface area contributed by atoms with Crippen LogP contribution in [0, 0.1) is 0 Å². The van der Waals surface area contributed by atoms with Gasteiger partial charge in [-0.2, -0.15) is 0 Å². The molecular weight excluding hydrogens is 318 g/mol. The van der Waals surface area contributed by atoms with Crippen molar-refractivity contribution in [2.75, 3.05) is 36.4 Å². The molecule has 2 N–H and O–H groups in total. The van der Waals surface area contributed by atoms with E-state index < -0.39 is 0 Å². The molecule has 0 aromatic carbocycles. The first kappa shape index (κ1) is 14.1. The second-order valence-corrected chi connectivity index (χ2v) is 6.41. The molecule has 5 nitrogen and oxygen atoms in total. The van der Waals surface area contributed by atoms with E-state index >= 15 is 0 Å². The Morgan fingerprint density at radius 3 is 2.85 bits per heavy atom. The van der Waals surface area contributed by atoms with Crippen molar-refractivity contribution in [3.05, 3.63) is 10.8 Å². The first-order valence-electron chi connectivity index (χ1n) is 7.58. The second kappa shape index (κ2) is 6.72. The van der Waals surface area contributed by atoms with Crippen LogP contribution in [0.2, 0.25) is 0 Å². The normalized spacial score (nSPS) is 23.6. The average molecular weight is 340 g/mol. The van der Waals surface area contributed by atoms with Gasteiger partial charge in [-0.15, -0.1) is 0 Å². The first-order chi connectivity index (χ1) is 9.83. The molecule has 6 heteroatoms. The fourth-order valence-electron chi connectivity index (χ4n) is 2.96. The molecule has 1 aromatic rings. The van der Waals surface area contributed by atoms with Crippen LogP contribution < -0.4 is 15.5 Å². The molecule has 0 spiro atoms. The molecule has 2 saturated heterocycles. The molecule has 2 aliphatic rings. The van der Waals surface area contributed by atoms with Crippen molar-refractivity contribution in [1.29, 1.82) is 0 Å². The Hall–Kier alpha value is -0.880. The predicted octanol–water partition coefficient (Wildman–Crippen LogP) is 2.39. The maximum Gasteiger partial charge on any atom is 0.171 e. The van der Waals surface area contributed by atoms with Gasteiger partial charge in [0.1, 0.15) is 4.60 Å². The van der Waals surface area contributed by atoms with Gasteiger partial charge in [0.05, 0.1) is 6.20 Å². The zero-order valence-electron chi connectivity index (χ0n) is 11.7. The molecule has 3 heterocycles. The van der Waals surface area contributed by atoms with E-state index in [1.807, 2.05) is 0 Å². The van der Waals surface area contributed by atoms with Crippen molar-refractivity contribution < 1.29 is 0 Å². The van der Waals surface area contributed by atoms with Gasteiger partial charge in [-0.1, -0.05) is 0 Å². The van der Waals surface area contributed by atoms with E-state index in [9.17, 15) is 0 Å². The minimum atomic E-state index is 0.455. The van der Waals surface area contributed by atoms with Crippen LogP contribution in [0.4, 0.5) is 11.6 Å². The Balaban J connectivity index is 1.77. The van der Waals surface area contributed by atoms with Crippen LogP contribution >= 0.6 is 15.9 Å². The first-order valence-corrected chi connectivity index (χ1v) is 8.37. The number of piperidine rings is 2. The van der Waals surface area contributed by atoms with Crippen LogP contribution in [0.5, 0.6) is 0 Å². The van der Waals surface area contributed by atoms with E-state index in [1.165, 1.54) is 32.1 Å². The Labute approximate surface area is 128 Å². The highest BCUT2D eigenvalue weighted by molar-refractivity contribution is 9.10. The summed E-state index contributed by atoms with van der Waals surface area (Å²) in [6, 6.07) is 0.455. The van der Waals surface area contributed by atoms with Crippen molar-refractivity contribution in [2.45, 2.75) is 38.1 Å². The van der Waals surface area contributed by atoms with Gasteiger partial charge in [-0.05, 0) is 54.6 Å². The highest BCUT2D eigenvalue weighted by Gasteiger charge is 2.20. The van der Waals surface area contributed by atoms with Crippen LogP contribution in [0.15, 0.2) is 10.8 Å². The van der Waals surface area contributed by atoms with E-state index in [1.54, 1.807) is 6.20 Å². The molecule has 1 unspecified atom stereocenters. The quantitative estimate of drug-likeness (QED) is 0.885. The fourth-order valence-corrected chi connectivity index (χ4v) is 3.24. The molecule has 0 aliphatic carbocycles. The summed E-state index contributed by atoms with van der Waals surface area (Å²) < 4.78 is 0.796. The second-order valence-electron chi connectivity index (χ2n) is 5.60. The largest absolute Gasteiger partial charge is 0.363 e. The highest BCUT2D eigenvalue weighted by atomic mass is 79.9. The summed E-state index contributed by atoms with van der Waals surface area (Å²) in [7, 11) is 0. The summed E-state index contributed by atoms with van der Waals surface area (Å²) in [6.07, 6.45) is 8.05. The highest BCUT2D eigenvalue weighted by Crippen LogP contribution is 2.27. The maximum absolute atomic E-state index is 4.62. The van der Waals surface area contributed by atoms with Gasteiger partial charge in [-0.3, -0.25) is 0 Å². The van der Waals surface area contributed by atoms with Gasteiger partial charge < -0.3 is 15.5 Å². The van der Waals surface area contributed by atoms with E-state index in [2.05, 4.69) is 41.4 Å². The Morgan fingerprint density at radius 1 is 1.25 bits per heavy atom. The van der Waals surface area contributed by atoms with Crippen molar-refractivity contribution in [3.8, 4) is 0 Å². The molecule has 0 radical (unpaired) electrons. The minimum Gasteiger partial charge on any atom is -0.363 e. The summed E-state index contributed by atoms with van der Waals surface area (Å²) >= 11 is 3.44. The zero-order valence-corrected chi connectivity index (χ0v) is 13.3. The van der Waals surface area contributed by atoms with Crippen molar-refractivity contribution in [3.63, 3.8) is 0 Å². The van der Waals surface area contributed by atoms with Crippen LogP contribution in [0.25, 0.3) is 0 Å². The minimum absolute atomic E-state index is 0.455. The van der Waals surface area contributed by atoms with E-state index in [4.69, 9.17) is 0 Å². The number of rotatable bonds is 3. The van der Waals surface area contributed by atoms with Crippen molar-refractivity contribution in [1.82, 2.24) is 15.3 Å². The van der Waals surface area contributed by atoms with Crippen LogP contribution in [-0.4, -0.2) is 42.2 Å². The number of halogens is 1. The third kappa shape index (κ3) is 3.41. The average Bonchev–Trinajstić information content (AvgIpc) is 2.49. The molecule has 2 fully saturated rings. The SMILES string of the molecule is Brc1cnc(N2CCCCC2)c(NC2CCCNC2)n1. The summed E-state index contributed by atoms with van der Waals surface area (Å²) in [4.78, 5) is 11.6. The van der Waals surface area contributed by atoms with Gasteiger partial charge >= 0.3 is 0 Å². The standard InChI is InChI=1S/C14H22BrN5/c15-12-10-17-14(20-7-2-1-3-8-20)13(19-12)18-11-5-4-6-16-9-11/h10-11,16H,1-9H2,(H,18,19). The summed E-state index contributed by atoms with van der Waals surface area (Å²) in [5.74, 6) is 1.94. The topological polar surface area (TPSA) is 53.1 Å². The van der Waals surface area contributed by atoms with Crippen LogP contribution in [0.3, 0.4) is 0 Å². The predicted molar refractivity (Wildman–Crippen MR) is 85.3 cm³/mol. The summed E-state index contributed by atoms with van der Waals surface area (Å²) in [6.45, 7) is 4.32. The molecule has 0 amide bonds. The van der Waals surface area contributed by atoms with E-state index in [0.717, 1.165) is 42.4 Å². The number of hydrogen-bond acceptors (Lipinski definition) is 5. The molecule has 0 saturated carbocycles. The number of nitrogens with one attached hydrogen (secondary N) is 2. The van der Waals surface area contributed by atoms with Crippen LogP contribution in [-0.2, 0) is 0 Å². The number of hydrogen-bond donors (Lipinski definition) is 2. The number of aromatic nitrogens is 2. The molecule has 2 aliphatic heterocycles. The smallest absolute Gasteiger partial charge is 0.171 e. The van der Waals surface area contributed by atoms with Gasteiger partial charge in [0, 0.05) is 25.7 Å². The molecule has 1 aromatic heterocycles. The Kier molecular flexibility index (Phi) is 4.73. The molecule has 1 atom stereocenters. The lowest BCUT2D eigenvalue weighted by atomic mass is 10.1. The third-order valence-corrected chi connectivity index (χ3v) is 4.40. The zero-order chi connectivity index (χ0) is 13.8. The van der Waals surface area contributed by atoms with Gasteiger partial charge in [-0.25, -0.2) is 9.97 Å². The molecule has 110 valence electrons. The molecule has 0 bridgehead atoms. The lowest BCUT2D eigenvalue weighted by molar-refractivity contribution is 0.478. The number of nitrogens with zero attached hydrogens (tertiary/aromatic N) is 3.